The van der Waals surface area contributed by atoms with Gasteiger partial charge in [0.05, 0.1) is 23.2 Å². The second kappa shape index (κ2) is 12.7. The molecule has 5 rings (SSSR count). The summed E-state index contributed by atoms with van der Waals surface area (Å²) in [5.41, 5.74) is 2.64. The molecule has 3 aromatic rings. The molecule has 1 aromatic heterocycles. The number of aromatic nitrogens is 1. The molecule has 1 N–H and O–H groups in total. The van der Waals surface area contributed by atoms with E-state index in [2.05, 4.69) is 0 Å². The van der Waals surface area contributed by atoms with Crippen LogP contribution in [0, 0.1) is 29.4 Å². The number of likely N-dealkylation sites (tertiary alicyclic amines) is 1. The third-order valence-corrected chi connectivity index (χ3v) is 12.1. The Labute approximate surface area is 270 Å². The number of ketones is 1. The number of aliphatic hydroxyl groups is 1. The maximum Gasteiger partial charge on any atom is 0.241 e. The zero-order chi connectivity index (χ0) is 33.7. The van der Waals surface area contributed by atoms with Crippen molar-refractivity contribution >= 4 is 38.3 Å². The predicted molar refractivity (Wildman–Crippen MR) is 175 cm³/mol. The number of hydrogen-bond acceptors (Lipinski definition) is 5. The van der Waals surface area contributed by atoms with Gasteiger partial charge in [0.2, 0.25) is 15.9 Å². The molecule has 3 heterocycles. The number of aliphatic hydroxyl groups excluding tert-OH is 1. The summed E-state index contributed by atoms with van der Waals surface area (Å²) in [6.07, 6.45) is 2.29. The van der Waals surface area contributed by atoms with Crippen LogP contribution >= 0.6 is 0 Å². The molecule has 2 aromatic carbocycles. The molecule has 0 spiro atoms. The topological polar surface area (TPSA) is 99.9 Å². The Kier molecular flexibility index (Phi) is 9.41. The molecule has 2 aliphatic rings. The van der Waals surface area contributed by atoms with Crippen LogP contribution in [0.3, 0.4) is 0 Å². The van der Waals surface area contributed by atoms with E-state index in [-0.39, 0.29) is 48.1 Å². The maximum atomic E-state index is 14.2. The molecule has 1 saturated heterocycles. The van der Waals surface area contributed by atoms with Gasteiger partial charge in [0.25, 0.3) is 0 Å². The quantitative estimate of drug-likeness (QED) is 0.281. The van der Waals surface area contributed by atoms with E-state index in [0.29, 0.717) is 38.0 Å². The normalized spacial score (nSPS) is 20.7. The number of anilines is 1. The van der Waals surface area contributed by atoms with E-state index in [9.17, 15) is 31.9 Å². The highest BCUT2D eigenvalue weighted by Crippen LogP contribution is 2.41. The Morgan fingerprint density at radius 3 is 2.41 bits per heavy atom. The fraction of sp³-hybridized carbons (Fsp3) is 0.543. The number of sulfonamides is 1. The first-order valence-electron chi connectivity index (χ1n) is 16.1. The van der Waals surface area contributed by atoms with Crippen molar-refractivity contribution in [2.75, 3.05) is 24.4 Å². The summed E-state index contributed by atoms with van der Waals surface area (Å²) in [6, 6.07) is 6.48. The van der Waals surface area contributed by atoms with Gasteiger partial charge in [0, 0.05) is 56.3 Å². The first-order chi connectivity index (χ1) is 21.5. The Bertz CT molecular complexity index is 1750. The number of rotatable bonds is 10. The standard InChI is InChI=1S/C35H45F2N3O5S/c1-7-23-19-40-20-35(4,5)46(44,45)38(6)30-15-24(14-29(23)32(30)40)31(41)16-25(11-22-12-26(36)17-27(37)13-22)33(42)28-9-8-10-39(34(28)43)18-21(2)3/h12-15,17,19,21,25,28,33,42H,7-11,16,18,20H2,1-6H3/t25-,28+,33+/m1/s1. The minimum Gasteiger partial charge on any atom is -0.392 e. The fourth-order valence-electron chi connectivity index (χ4n) is 7.23. The summed E-state index contributed by atoms with van der Waals surface area (Å²) in [6.45, 7) is 10.8. The van der Waals surface area contributed by atoms with Crippen molar-refractivity contribution in [3.63, 3.8) is 0 Å². The van der Waals surface area contributed by atoms with Crippen LogP contribution in [-0.4, -0.2) is 65.7 Å². The van der Waals surface area contributed by atoms with Crippen molar-refractivity contribution in [1.29, 1.82) is 0 Å². The van der Waals surface area contributed by atoms with Crippen molar-refractivity contribution < 1.29 is 31.9 Å². The minimum atomic E-state index is -3.79. The van der Waals surface area contributed by atoms with Crippen molar-refractivity contribution in [3.8, 4) is 0 Å². The number of carbonyl (C=O) groups excluding carboxylic acids is 2. The third-order valence-electron chi connectivity index (χ3n) is 9.61. The van der Waals surface area contributed by atoms with E-state index < -0.39 is 44.3 Å². The molecule has 1 amide bonds. The summed E-state index contributed by atoms with van der Waals surface area (Å²) in [5, 5.41) is 12.5. The van der Waals surface area contributed by atoms with Crippen LogP contribution in [-0.2, 0) is 34.2 Å². The van der Waals surface area contributed by atoms with E-state index in [1.54, 1.807) is 30.9 Å². The van der Waals surface area contributed by atoms with Crippen molar-refractivity contribution in [2.24, 2.45) is 17.8 Å². The average Bonchev–Trinajstić information content (AvgIpc) is 3.30. The van der Waals surface area contributed by atoms with Crippen LogP contribution in [0.25, 0.3) is 10.9 Å². The fourth-order valence-corrected chi connectivity index (χ4v) is 8.67. The van der Waals surface area contributed by atoms with Crippen LogP contribution in [0.5, 0.6) is 0 Å². The Hall–Kier alpha value is -3.31. The second-order valence-electron chi connectivity index (χ2n) is 14.0. The molecular formula is C35H45F2N3O5S. The first-order valence-corrected chi connectivity index (χ1v) is 17.6. The SMILES string of the molecule is CCc1cn2c3c(cc(C(=O)C[C@@H](Cc4cc(F)cc(F)c4)[C@H](O)[C@@H]4CCCN(CC(C)C)C4=O)cc13)N(C)S(=O)(=O)C(C)(C)C2. The lowest BCUT2D eigenvalue weighted by Crippen LogP contribution is -2.49. The van der Waals surface area contributed by atoms with E-state index >= 15 is 0 Å². The van der Waals surface area contributed by atoms with Gasteiger partial charge in [-0.15, -0.1) is 0 Å². The summed E-state index contributed by atoms with van der Waals surface area (Å²) in [5.74, 6) is -3.41. The number of nitrogens with zero attached hydrogens (tertiary/aromatic N) is 3. The van der Waals surface area contributed by atoms with E-state index in [0.717, 1.165) is 22.5 Å². The number of Topliss-reactive ketones (excluding diaryl/α,β-unsaturated/α-hetero) is 1. The van der Waals surface area contributed by atoms with Crippen LogP contribution in [0.15, 0.2) is 36.5 Å². The lowest BCUT2D eigenvalue weighted by Gasteiger charge is -2.37. The van der Waals surface area contributed by atoms with Gasteiger partial charge in [-0.2, -0.15) is 0 Å². The number of carbonyl (C=O) groups is 2. The molecule has 2 aliphatic heterocycles. The van der Waals surface area contributed by atoms with E-state index in [4.69, 9.17) is 0 Å². The molecule has 0 saturated carbocycles. The second-order valence-corrected chi connectivity index (χ2v) is 16.6. The number of benzene rings is 2. The molecule has 0 radical (unpaired) electrons. The number of aryl methyl sites for hydroxylation is 1. The van der Waals surface area contributed by atoms with Gasteiger partial charge in [-0.1, -0.05) is 20.8 Å². The first kappa shape index (κ1) is 34.0. The molecule has 0 unspecified atom stereocenters. The van der Waals surface area contributed by atoms with Crippen molar-refractivity contribution in [1.82, 2.24) is 9.47 Å². The largest absolute Gasteiger partial charge is 0.392 e. The molecule has 250 valence electrons. The molecule has 0 bridgehead atoms. The van der Waals surface area contributed by atoms with Crippen molar-refractivity contribution in [2.45, 2.75) is 84.1 Å². The number of hydrogen-bond donors (Lipinski definition) is 1. The van der Waals surface area contributed by atoms with Crippen LogP contribution in [0.2, 0.25) is 0 Å². The number of halogens is 2. The number of amides is 1. The summed E-state index contributed by atoms with van der Waals surface area (Å²) >= 11 is 0. The Morgan fingerprint density at radius 2 is 1.78 bits per heavy atom. The molecule has 3 atom stereocenters. The lowest BCUT2D eigenvalue weighted by molar-refractivity contribution is -0.145. The van der Waals surface area contributed by atoms with Gasteiger partial charge in [-0.3, -0.25) is 13.9 Å². The summed E-state index contributed by atoms with van der Waals surface area (Å²) in [4.78, 5) is 29.4. The maximum absolute atomic E-state index is 14.2. The minimum absolute atomic E-state index is 0.0241. The number of piperidine rings is 1. The van der Waals surface area contributed by atoms with Gasteiger partial charge in [-0.05, 0) is 86.8 Å². The van der Waals surface area contributed by atoms with Gasteiger partial charge >= 0.3 is 0 Å². The molecule has 1 fully saturated rings. The molecule has 46 heavy (non-hydrogen) atoms. The highest BCUT2D eigenvalue weighted by Gasteiger charge is 2.43. The summed E-state index contributed by atoms with van der Waals surface area (Å²) in [7, 11) is -2.30. The molecular weight excluding hydrogens is 612 g/mol. The highest BCUT2D eigenvalue weighted by atomic mass is 32.2. The van der Waals surface area contributed by atoms with Crippen molar-refractivity contribution in [3.05, 3.63) is 64.9 Å². The van der Waals surface area contributed by atoms with E-state index in [1.165, 1.54) is 23.5 Å². The highest BCUT2D eigenvalue weighted by molar-refractivity contribution is 7.94. The average molecular weight is 658 g/mol. The Morgan fingerprint density at radius 1 is 1.11 bits per heavy atom. The summed E-state index contributed by atoms with van der Waals surface area (Å²) < 4.78 is 57.7. The van der Waals surface area contributed by atoms with Gasteiger partial charge in [-0.25, -0.2) is 17.2 Å². The van der Waals surface area contributed by atoms with Crippen LogP contribution in [0.1, 0.15) is 75.4 Å². The zero-order valence-corrected chi connectivity index (χ0v) is 28.3. The molecule has 8 nitrogen and oxygen atoms in total. The van der Waals surface area contributed by atoms with Gasteiger partial charge in [0.1, 0.15) is 16.4 Å². The van der Waals surface area contributed by atoms with Gasteiger partial charge in [0.15, 0.2) is 5.78 Å². The zero-order valence-electron chi connectivity index (χ0n) is 27.5. The third kappa shape index (κ3) is 6.32. The van der Waals surface area contributed by atoms with Crippen LogP contribution in [0.4, 0.5) is 14.5 Å². The monoisotopic (exact) mass is 657 g/mol. The molecule has 11 heteroatoms. The smallest absolute Gasteiger partial charge is 0.241 e. The molecule has 0 aliphatic carbocycles. The Balaban J connectivity index is 1.54. The van der Waals surface area contributed by atoms with Gasteiger partial charge < -0.3 is 14.6 Å². The lowest BCUT2D eigenvalue weighted by atomic mass is 9.79. The predicted octanol–water partition coefficient (Wildman–Crippen LogP) is 5.73. The van der Waals surface area contributed by atoms with Crippen LogP contribution < -0.4 is 4.31 Å². The van der Waals surface area contributed by atoms with E-state index in [1.807, 2.05) is 31.5 Å².